The van der Waals surface area contributed by atoms with Gasteiger partial charge >= 0.3 is 0 Å². The van der Waals surface area contributed by atoms with Gasteiger partial charge in [0.25, 0.3) is 0 Å². The van der Waals surface area contributed by atoms with Crippen LogP contribution in [0, 0.1) is 0 Å². The van der Waals surface area contributed by atoms with Gasteiger partial charge in [-0.3, -0.25) is 0 Å². The van der Waals surface area contributed by atoms with Crippen LogP contribution in [0.4, 0.5) is 0 Å². The highest BCUT2D eigenvalue weighted by atomic mass is 16.3. The molecule has 354 valence electrons. The van der Waals surface area contributed by atoms with Gasteiger partial charge in [-0.1, -0.05) is 176 Å². The molecule has 0 aliphatic heterocycles. The molecule has 0 fully saturated rings. The van der Waals surface area contributed by atoms with E-state index in [1.54, 1.807) is 0 Å². The van der Waals surface area contributed by atoms with E-state index in [9.17, 15) is 0 Å². The fourth-order valence-corrected chi connectivity index (χ4v) is 11.8. The van der Waals surface area contributed by atoms with E-state index in [1.807, 2.05) is 48.5 Å². The summed E-state index contributed by atoms with van der Waals surface area (Å²) in [6, 6.07) is 87.3. The van der Waals surface area contributed by atoms with Crippen LogP contribution in [0.15, 0.2) is 258 Å². The number of benzene rings is 11. The summed E-state index contributed by atoms with van der Waals surface area (Å²) in [4.78, 5) is 15.6. The lowest BCUT2D eigenvalue weighted by atomic mass is 9.97. The molecule has 5 heterocycles. The van der Waals surface area contributed by atoms with Crippen LogP contribution in [0.3, 0.4) is 0 Å². The molecular weight excluding hydrogens is 931 g/mol. The van der Waals surface area contributed by atoms with Crippen molar-refractivity contribution < 1.29 is 8.83 Å². The highest BCUT2D eigenvalue weighted by molar-refractivity contribution is 6.24. The summed E-state index contributed by atoms with van der Waals surface area (Å²) < 4.78 is 18.3. The standard InChI is InChI=1S/C69H41N5O2/c1-4-17-42(18-5-1)44-21-14-22-46(39-44)68-70-67(43-19-6-2-7-20-43)71-69(72-68)54-28-16-32-62-64(54)55-40-45(33-37-59(55)75-62)49-27-15-31-61-63(49)56-41-48(34-38-60(56)76-61)74-58-30-13-11-26-51(58)53-36-35-52-50-25-10-12-29-57(50)73(65(52)66(53)74)47-23-8-3-9-24-47/h1-41H. The predicted octanol–water partition coefficient (Wildman–Crippen LogP) is 18.2. The van der Waals surface area contributed by atoms with Crippen LogP contribution in [-0.2, 0) is 0 Å². The molecule has 0 amide bonds. The third kappa shape index (κ3) is 6.46. The average molecular weight is 972 g/mol. The molecule has 0 saturated heterocycles. The molecule has 0 aliphatic carbocycles. The van der Waals surface area contributed by atoms with Crippen molar-refractivity contribution in [2.45, 2.75) is 0 Å². The second-order valence-corrected chi connectivity index (χ2v) is 19.5. The fourth-order valence-electron chi connectivity index (χ4n) is 11.8. The molecular formula is C69H41N5O2. The number of hydrogen-bond donors (Lipinski definition) is 0. The summed E-state index contributed by atoms with van der Waals surface area (Å²) >= 11 is 0. The van der Waals surface area contributed by atoms with Crippen molar-refractivity contribution in [2.75, 3.05) is 0 Å². The van der Waals surface area contributed by atoms with Crippen LogP contribution in [-0.4, -0.2) is 24.1 Å². The lowest BCUT2D eigenvalue weighted by Crippen LogP contribution is -2.00. The zero-order valence-electron chi connectivity index (χ0n) is 40.7. The van der Waals surface area contributed by atoms with Crippen molar-refractivity contribution in [1.82, 2.24) is 24.1 Å². The number of aromatic nitrogens is 5. The molecule has 76 heavy (non-hydrogen) atoms. The first-order valence-corrected chi connectivity index (χ1v) is 25.6. The fraction of sp³-hybridized carbons (Fsp3) is 0. The molecule has 0 aliphatic rings. The Labute approximate surface area is 434 Å². The second kappa shape index (κ2) is 16.6. The number of fused-ring (bicyclic) bond motifs is 13. The van der Waals surface area contributed by atoms with Gasteiger partial charge in [-0.2, -0.15) is 0 Å². The lowest BCUT2D eigenvalue weighted by Gasteiger charge is -2.13. The molecule has 0 atom stereocenters. The number of para-hydroxylation sites is 3. The minimum atomic E-state index is 0.564. The first kappa shape index (κ1) is 42.2. The molecule has 0 N–H and O–H groups in total. The SMILES string of the molecule is c1ccc(-c2cccc(-c3nc(-c4ccccc4)nc(-c4cccc5oc6ccc(-c7cccc8oc9ccc(-n%10c%11ccccc%11c%11ccc%12c%13ccccc%13n(-c%13ccccc%13)c%12c%11%10)cc9c78)cc6c45)n3)c2)cc1. The molecule has 5 aromatic heterocycles. The van der Waals surface area contributed by atoms with Gasteiger partial charge in [0.2, 0.25) is 0 Å². The molecule has 0 unspecified atom stereocenters. The first-order valence-electron chi connectivity index (χ1n) is 25.6. The molecule has 11 aromatic carbocycles. The van der Waals surface area contributed by atoms with Gasteiger partial charge in [0.1, 0.15) is 22.3 Å². The molecule has 0 bridgehead atoms. The highest BCUT2D eigenvalue weighted by Gasteiger charge is 2.24. The Balaban J connectivity index is 0.889. The van der Waals surface area contributed by atoms with Crippen molar-refractivity contribution in [3.63, 3.8) is 0 Å². The summed E-state index contributed by atoms with van der Waals surface area (Å²) in [6.45, 7) is 0. The third-order valence-electron chi connectivity index (χ3n) is 15.2. The van der Waals surface area contributed by atoms with Crippen LogP contribution in [0.5, 0.6) is 0 Å². The second-order valence-electron chi connectivity index (χ2n) is 19.5. The molecule has 0 radical (unpaired) electrons. The zero-order valence-corrected chi connectivity index (χ0v) is 40.7. The molecule has 0 spiro atoms. The van der Waals surface area contributed by atoms with Crippen LogP contribution >= 0.6 is 0 Å². The smallest absolute Gasteiger partial charge is 0.164 e. The normalized spacial score (nSPS) is 11.9. The zero-order chi connectivity index (χ0) is 49.8. The van der Waals surface area contributed by atoms with E-state index < -0.39 is 0 Å². The Morgan fingerprint density at radius 1 is 0.263 bits per heavy atom. The first-order chi connectivity index (χ1) is 37.7. The highest BCUT2D eigenvalue weighted by Crippen LogP contribution is 2.45. The number of furan rings is 2. The molecule has 0 saturated carbocycles. The lowest BCUT2D eigenvalue weighted by molar-refractivity contribution is 0.669. The summed E-state index contributed by atoms with van der Waals surface area (Å²) in [5.41, 5.74) is 16.9. The van der Waals surface area contributed by atoms with Gasteiger partial charge < -0.3 is 18.0 Å². The van der Waals surface area contributed by atoms with E-state index in [-0.39, 0.29) is 0 Å². The summed E-state index contributed by atoms with van der Waals surface area (Å²) in [5.74, 6) is 1.75. The van der Waals surface area contributed by atoms with Gasteiger partial charge in [0.05, 0.1) is 22.1 Å². The quantitative estimate of drug-likeness (QED) is 0.159. The number of nitrogens with zero attached hydrogens (tertiary/aromatic N) is 5. The molecule has 7 nitrogen and oxygen atoms in total. The predicted molar refractivity (Wildman–Crippen MR) is 310 cm³/mol. The van der Waals surface area contributed by atoms with Gasteiger partial charge in [0.15, 0.2) is 17.5 Å². The van der Waals surface area contributed by atoms with Crippen LogP contribution in [0.2, 0.25) is 0 Å². The minimum Gasteiger partial charge on any atom is -0.456 e. The van der Waals surface area contributed by atoms with Gasteiger partial charge in [-0.15, -0.1) is 0 Å². The van der Waals surface area contributed by atoms with E-state index >= 15 is 0 Å². The van der Waals surface area contributed by atoms with Crippen molar-refractivity contribution in [1.29, 1.82) is 0 Å². The maximum absolute atomic E-state index is 6.74. The summed E-state index contributed by atoms with van der Waals surface area (Å²) in [5, 5.41) is 8.80. The van der Waals surface area contributed by atoms with Crippen molar-refractivity contribution in [2.24, 2.45) is 0 Å². The minimum absolute atomic E-state index is 0.564. The van der Waals surface area contributed by atoms with Crippen LogP contribution in [0.25, 0.3) is 155 Å². The Hall–Kier alpha value is -10.4. The maximum Gasteiger partial charge on any atom is 0.164 e. The Morgan fingerprint density at radius 3 is 1.45 bits per heavy atom. The maximum atomic E-state index is 6.74. The largest absolute Gasteiger partial charge is 0.456 e. The number of hydrogen-bond acceptors (Lipinski definition) is 5. The van der Waals surface area contributed by atoms with Crippen molar-refractivity contribution >= 4 is 87.5 Å². The Kier molecular flexibility index (Phi) is 9.20. The van der Waals surface area contributed by atoms with E-state index in [1.165, 1.54) is 32.6 Å². The van der Waals surface area contributed by atoms with Gasteiger partial charge in [-0.05, 0) is 95.1 Å². The Bertz CT molecular complexity index is 4990. The third-order valence-corrected chi connectivity index (χ3v) is 15.2. The number of rotatable bonds is 7. The van der Waals surface area contributed by atoms with Gasteiger partial charge in [0, 0.05) is 71.2 Å². The summed E-state index contributed by atoms with van der Waals surface area (Å²) in [7, 11) is 0. The molecule has 16 rings (SSSR count). The van der Waals surface area contributed by atoms with Crippen LogP contribution < -0.4 is 0 Å². The van der Waals surface area contributed by atoms with Gasteiger partial charge in [-0.25, -0.2) is 15.0 Å². The van der Waals surface area contributed by atoms with Crippen LogP contribution in [0.1, 0.15) is 0 Å². The Morgan fingerprint density at radius 2 is 0.763 bits per heavy atom. The van der Waals surface area contributed by atoms with E-state index in [2.05, 4.69) is 209 Å². The molecule has 7 heteroatoms. The van der Waals surface area contributed by atoms with E-state index in [0.717, 1.165) is 105 Å². The van der Waals surface area contributed by atoms with Crippen molar-refractivity contribution in [3.8, 4) is 67.8 Å². The topological polar surface area (TPSA) is 74.8 Å². The van der Waals surface area contributed by atoms with Crippen molar-refractivity contribution in [3.05, 3.63) is 249 Å². The monoisotopic (exact) mass is 971 g/mol. The van der Waals surface area contributed by atoms with E-state index in [4.69, 9.17) is 23.8 Å². The van der Waals surface area contributed by atoms with E-state index in [0.29, 0.717) is 17.5 Å². The average Bonchev–Trinajstić information content (AvgIpc) is 4.38. The molecule has 16 aromatic rings. The summed E-state index contributed by atoms with van der Waals surface area (Å²) in [6.07, 6.45) is 0.